The summed E-state index contributed by atoms with van der Waals surface area (Å²) < 4.78 is 4.72. The van der Waals surface area contributed by atoms with Crippen molar-refractivity contribution >= 4 is 6.03 Å². The lowest BCUT2D eigenvalue weighted by atomic mass is 10.1. The number of carbonyl (C=O) groups is 1. The van der Waals surface area contributed by atoms with Gasteiger partial charge in [0.1, 0.15) is 12.2 Å². The number of aliphatic hydroxyl groups is 3. The molecule has 1 aliphatic heterocycles. The highest BCUT2D eigenvalue weighted by atomic mass is 16.6. The van der Waals surface area contributed by atoms with Crippen molar-refractivity contribution in [3.8, 4) is 0 Å². The number of urea groups is 1. The predicted octanol–water partition coefficient (Wildman–Crippen LogP) is -2.91. The van der Waals surface area contributed by atoms with Crippen LogP contribution in [0.2, 0.25) is 0 Å². The lowest BCUT2D eigenvalue weighted by Gasteiger charge is -2.18. The average molecular weight is 192 g/mol. The number of nitrogens with two attached hydrogens (primary N) is 1. The van der Waals surface area contributed by atoms with Crippen LogP contribution >= 0.6 is 0 Å². The first-order valence-electron chi connectivity index (χ1n) is 3.74. The van der Waals surface area contributed by atoms with Crippen molar-refractivity contribution in [1.82, 2.24) is 5.32 Å². The van der Waals surface area contributed by atoms with E-state index in [2.05, 4.69) is 5.32 Å². The normalized spacial score (nSPS) is 39.0. The minimum Gasteiger partial charge on any atom is -0.394 e. The van der Waals surface area contributed by atoms with Gasteiger partial charge < -0.3 is 31.1 Å². The van der Waals surface area contributed by atoms with Gasteiger partial charge in [0.15, 0.2) is 6.29 Å². The monoisotopic (exact) mass is 192 g/mol. The number of hydrogen-bond donors (Lipinski definition) is 5. The molecule has 0 aliphatic carbocycles. The van der Waals surface area contributed by atoms with E-state index >= 15 is 0 Å². The number of nitrogens with one attached hydrogen (secondary N) is 1. The summed E-state index contributed by atoms with van der Waals surface area (Å²) in [5, 5.41) is 29.2. The molecular formula is C6H12N2O5. The van der Waals surface area contributed by atoms with Crippen LogP contribution in [0.3, 0.4) is 0 Å². The Labute approximate surface area is 74.1 Å². The second-order valence-corrected chi connectivity index (χ2v) is 2.77. The van der Waals surface area contributed by atoms with Crippen LogP contribution in [0.4, 0.5) is 4.79 Å². The molecule has 0 spiro atoms. The summed E-state index contributed by atoms with van der Waals surface area (Å²) in [6.45, 7) is -0.418. The highest BCUT2D eigenvalue weighted by Gasteiger charge is 2.43. The lowest BCUT2D eigenvalue weighted by Crippen LogP contribution is -2.50. The number of primary amides is 1. The Morgan fingerprint density at radius 1 is 1.54 bits per heavy atom. The van der Waals surface area contributed by atoms with Crippen LogP contribution in [0.25, 0.3) is 0 Å². The minimum absolute atomic E-state index is 0.418. The van der Waals surface area contributed by atoms with Crippen LogP contribution in [-0.2, 0) is 4.74 Å². The van der Waals surface area contributed by atoms with Crippen molar-refractivity contribution in [2.24, 2.45) is 5.73 Å². The standard InChI is InChI=1S/C6H12N2O5/c7-6(12)8-3-2(1-9)13-5(11)4(3)10/h2-5,9-11H,1H2,(H3,7,8,12)/t2-,3+,4+,5+/m0/s1. The third-order valence-electron chi connectivity index (χ3n) is 1.86. The molecule has 1 heterocycles. The van der Waals surface area contributed by atoms with Crippen LogP contribution in [0.5, 0.6) is 0 Å². The molecule has 1 rings (SSSR count). The highest BCUT2D eigenvalue weighted by molar-refractivity contribution is 5.72. The molecule has 1 aliphatic rings. The summed E-state index contributed by atoms with van der Waals surface area (Å²) in [5.41, 5.74) is 4.82. The summed E-state index contributed by atoms with van der Waals surface area (Å²) in [6.07, 6.45) is -3.52. The van der Waals surface area contributed by atoms with Gasteiger partial charge in [-0.2, -0.15) is 0 Å². The molecule has 6 N–H and O–H groups in total. The van der Waals surface area contributed by atoms with Gasteiger partial charge in [0.25, 0.3) is 0 Å². The van der Waals surface area contributed by atoms with Crippen LogP contribution in [0, 0.1) is 0 Å². The van der Waals surface area contributed by atoms with E-state index < -0.39 is 37.2 Å². The SMILES string of the molecule is NC(=O)N[C@H]1[C@@H](O)[C@H](O)O[C@H]1CO. The predicted molar refractivity (Wildman–Crippen MR) is 40.5 cm³/mol. The van der Waals surface area contributed by atoms with E-state index in [-0.39, 0.29) is 0 Å². The van der Waals surface area contributed by atoms with Crippen molar-refractivity contribution in [3.05, 3.63) is 0 Å². The Balaban J connectivity index is 2.62. The van der Waals surface area contributed by atoms with Gasteiger partial charge in [0.05, 0.1) is 12.6 Å². The Morgan fingerprint density at radius 2 is 2.15 bits per heavy atom. The Bertz CT molecular complexity index is 199. The van der Waals surface area contributed by atoms with E-state index in [9.17, 15) is 9.90 Å². The van der Waals surface area contributed by atoms with Crippen LogP contribution < -0.4 is 11.1 Å². The second kappa shape index (κ2) is 3.88. The zero-order valence-corrected chi connectivity index (χ0v) is 6.75. The van der Waals surface area contributed by atoms with E-state index in [0.29, 0.717) is 0 Å². The van der Waals surface area contributed by atoms with E-state index in [0.717, 1.165) is 0 Å². The molecule has 4 atom stereocenters. The summed E-state index contributed by atoms with van der Waals surface area (Å²) >= 11 is 0. The maximum absolute atomic E-state index is 10.5. The summed E-state index contributed by atoms with van der Waals surface area (Å²) in [5.74, 6) is 0. The molecule has 1 saturated heterocycles. The first-order chi connectivity index (χ1) is 6.06. The van der Waals surface area contributed by atoms with Gasteiger partial charge in [-0.25, -0.2) is 4.79 Å². The number of rotatable bonds is 2. The molecule has 1 fully saturated rings. The molecule has 0 unspecified atom stereocenters. The van der Waals surface area contributed by atoms with E-state index in [1.807, 2.05) is 0 Å². The molecule has 2 amide bonds. The summed E-state index contributed by atoms with van der Waals surface area (Å²) in [6, 6.07) is -1.72. The topological polar surface area (TPSA) is 125 Å². The van der Waals surface area contributed by atoms with Crippen molar-refractivity contribution in [2.75, 3.05) is 6.61 Å². The maximum atomic E-state index is 10.5. The fraction of sp³-hybridized carbons (Fsp3) is 0.833. The lowest BCUT2D eigenvalue weighted by molar-refractivity contribution is -0.132. The molecule has 0 aromatic carbocycles. The molecule has 0 bridgehead atoms. The average Bonchev–Trinajstić information content (AvgIpc) is 2.31. The van der Waals surface area contributed by atoms with Crippen LogP contribution in [0.1, 0.15) is 0 Å². The highest BCUT2D eigenvalue weighted by Crippen LogP contribution is 2.18. The molecule has 76 valence electrons. The van der Waals surface area contributed by atoms with Gasteiger partial charge in [-0.05, 0) is 0 Å². The molecule has 0 aromatic rings. The van der Waals surface area contributed by atoms with Gasteiger partial charge in [-0.1, -0.05) is 0 Å². The summed E-state index contributed by atoms with van der Waals surface area (Å²) in [4.78, 5) is 10.5. The minimum atomic E-state index is -1.41. The first kappa shape index (κ1) is 10.2. The Hall–Kier alpha value is -0.890. The second-order valence-electron chi connectivity index (χ2n) is 2.77. The van der Waals surface area contributed by atoms with Gasteiger partial charge in [-0.15, -0.1) is 0 Å². The number of aliphatic hydroxyl groups excluding tert-OH is 3. The van der Waals surface area contributed by atoms with Gasteiger partial charge in [0, 0.05) is 0 Å². The number of ether oxygens (including phenoxy) is 1. The molecule has 13 heavy (non-hydrogen) atoms. The molecule has 7 nitrogen and oxygen atoms in total. The molecule has 0 radical (unpaired) electrons. The fourth-order valence-corrected chi connectivity index (χ4v) is 1.24. The number of hydrogen-bond acceptors (Lipinski definition) is 5. The van der Waals surface area contributed by atoms with E-state index in [1.165, 1.54) is 0 Å². The largest absolute Gasteiger partial charge is 0.394 e. The van der Waals surface area contributed by atoms with Gasteiger partial charge in [-0.3, -0.25) is 0 Å². The molecule has 0 aromatic heterocycles. The number of carbonyl (C=O) groups excluding carboxylic acids is 1. The van der Waals surface area contributed by atoms with Gasteiger partial charge in [0.2, 0.25) is 0 Å². The smallest absolute Gasteiger partial charge is 0.312 e. The summed E-state index contributed by atoms with van der Waals surface area (Å²) in [7, 11) is 0. The van der Waals surface area contributed by atoms with Crippen molar-refractivity contribution in [1.29, 1.82) is 0 Å². The van der Waals surface area contributed by atoms with Gasteiger partial charge >= 0.3 is 6.03 Å². The molecule has 0 saturated carbocycles. The van der Waals surface area contributed by atoms with Crippen molar-refractivity contribution in [3.63, 3.8) is 0 Å². The third kappa shape index (κ3) is 2.07. The zero-order chi connectivity index (χ0) is 10.0. The first-order valence-corrected chi connectivity index (χ1v) is 3.74. The van der Waals surface area contributed by atoms with Crippen LogP contribution in [0.15, 0.2) is 0 Å². The van der Waals surface area contributed by atoms with Crippen LogP contribution in [-0.4, -0.2) is 52.5 Å². The fourth-order valence-electron chi connectivity index (χ4n) is 1.24. The van der Waals surface area contributed by atoms with Crippen molar-refractivity contribution in [2.45, 2.75) is 24.5 Å². The van der Waals surface area contributed by atoms with E-state index in [4.69, 9.17) is 20.7 Å². The Kier molecular flexibility index (Phi) is 3.04. The third-order valence-corrected chi connectivity index (χ3v) is 1.86. The Morgan fingerprint density at radius 3 is 2.62 bits per heavy atom. The van der Waals surface area contributed by atoms with Crippen molar-refractivity contribution < 1.29 is 24.9 Å². The van der Waals surface area contributed by atoms with E-state index in [1.54, 1.807) is 0 Å². The zero-order valence-electron chi connectivity index (χ0n) is 6.75. The number of amides is 2. The molecular weight excluding hydrogens is 180 g/mol. The quantitative estimate of drug-likeness (QED) is 0.321. The molecule has 7 heteroatoms. The maximum Gasteiger partial charge on any atom is 0.312 e.